The highest BCUT2D eigenvalue weighted by Crippen LogP contribution is 2.02. The first-order valence-corrected chi connectivity index (χ1v) is 3.53. The molecule has 0 aliphatic rings. The van der Waals surface area contributed by atoms with Gasteiger partial charge < -0.3 is 30.3 Å². The number of hydrogen-bond acceptors (Lipinski definition) is 8. The van der Waals surface area contributed by atoms with E-state index in [4.69, 9.17) is 36.0 Å². The fourth-order valence-electron chi connectivity index (χ4n) is 0.618. The summed E-state index contributed by atoms with van der Waals surface area (Å²) in [5.74, 6) is 0. The summed E-state index contributed by atoms with van der Waals surface area (Å²) >= 11 is 0. The summed E-state index contributed by atoms with van der Waals surface area (Å²) in [6, 6.07) is 0. The molecule has 0 spiro atoms. The second-order valence-corrected chi connectivity index (χ2v) is 2.36. The Morgan fingerprint density at radius 3 is 1.71 bits per heavy atom. The molecule has 0 aromatic carbocycles. The van der Waals surface area contributed by atoms with Crippen LogP contribution in [0.3, 0.4) is 0 Å². The maximum absolute atomic E-state index is 9.90. The Hall–Kier alpha value is -0.610. The molecule has 4 unspecified atom stereocenters. The van der Waals surface area contributed by atoms with Gasteiger partial charge in [0.25, 0.3) is 0 Å². The highest BCUT2D eigenvalue weighted by Gasteiger charge is 2.29. The highest BCUT2D eigenvalue weighted by molar-refractivity contribution is 5.56. The van der Waals surface area contributed by atoms with Gasteiger partial charge in [-0.1, -0.05) is 0 Å². The van der Waals surface area contributed by atoms with Gasteiger partial charge in [0.15, 0.2) is 6.29 Å². The molecular weight excluding hydrogens is 200 g/mol. The minimum atomic E-state index is -1.79. The van der Waals surface area contributed by atoms with E-state index in [9.17, 15) is 4.79 Å². The number of carbonyl (C=O) groups excluding carboxylic acids is 1. The van der Waals surface area contributed by atoms with Crippen molar-refractivity contribution in [3.8, 4) is 0 Å². The van der Waals surface area contributed by atoms with Crippen LogP contribution in [-0.2, 0) is 4.79 Å². The summed E-state index contributed by atoms with van der Waals surface area (Å²) in [7, 11) is 0. The third kappa shape index (κ3) is 5.19. The molecule has 0 aliphatic carbocycles. The standard InChI is InChI=1S/C6H12O6.H2O2/c7-1-3(9)5(11)6(12)4(10)2-8;1-2/h1,3-6,8-12H,2H2;1-2H. The van der Waals surface area contributed by atoms with E-state index in [1.165, 1.54) is 0 Å². The second-order valence-electron chi connectivity index (χ2n) is 2.36. The third-order valence-corrected chi connectivity index (χ3v) is 1.42. The van der Waals surface area contributed by atoms with Crippen molar-refractivity contribution in [1.82, 2.24) is 0 Å². The molecule has 0 radical (unpaired) electrons. The number of rotatable bonds is 5. The monoisotopic (exact) mass is 214 g/mol. The summed E-state index contributed by atoms with van der Waals surface area (Å²) in [6.07, 6.45) is -6.84. The van der Waals surface area contributed by atoms with E-state index in [2.05, 4.69) is 0 Å². The largest absolute Gasteiger partial charge is 0.394 e. The smallest absolute Gasteiger partial charge is 0.151 e. The number of aliphatic hydroxyl groups is 5. The Morgan fingerprint density at radius 1 is 1.00 bits per heavy atom. The number of aliphatic hydroxyl groups excluding tert-OH is 5. The molecular formula is C6H14O8. The van der Waals surface area contributed by atoms with Crippen LogP contribution in [0.25, 0.3) is 0 Å². The van der Waals surface area contributed by atoms with Gasteiger partial charge >= 0.3 is 0 Å². The average Bonchev–Trinajstić information content (AvgIpc) is 2.27. The predicted molar refractivity (Wildman–Crippen MR) is 42.4 cm³/mol. The van der Waals surface area contributed by atoms with Crippen LogP contribution >= 0.6 is 0 Å². The molecule has 0 saturated carbocycles. The van der Waals surface area contributed by atoms with Gasteiger partial charge in [0.2, 0.25) is 0 Å². The summed E-state index contributed by atoms with van der Waals surface area (Å²) in [4.78, 5) is 9.90. The van der Waals surface area contributed by atoms with Crippen LogP contribution in [0.4, 0.5) is 0 Å². The van der Waals surface area contributed by atoms with Gasteiger partial charge in [-0.2, -0.15) is 0 Å². The van der Waals surface area contributed by atoms with Gasteiger partial charge in [0.1, 0.15) is 24.4 Å². The van der Waals surface area contributed by atoms with E-state index >= 15 is 0 Å². The first kappa shape index (κ1) is 15.8. The van der Waals surface area contributed by atoms with Crippen molar-refractivity contribution < 1.29 is 40.8 Å². The Kier molecular flexibility index (Phi) is 10.1. The average molecular weight is 214 g/mol. The van der Waals surface area contributed by atoms with Gasteiger partial charge in [-0.15, -0.1) is 0 Å². The van der Waals surface area contributed by atoms with Crippen molar-refractivity contribution in [1.29, 1.82) is 0 Å². The molecule has 0 bridgehead atoms. The SMILES string of the molecule is O=CC(O)C(O)C(O)C(O)CO.OO. The third-order valence-electron chi connectivity index (χ3n) is 1.42. The molecule has 4 atom stereocenters. The predicted octanol–water partition coefficient (Wildman–Crippen LogP) is -3.36. The fraction of sp³-hybridized carbons (Fsp3) is 0.833. The van der Waals surface area contributed by atoms with E-state index in [1.807, 2.05) is 0 Å². The molecule has 0 aromatic rings. The molecule has 0 heterocycles. The lowest BCUT2D eigenvalue weighted by atomic mass is 10.0. The quantitative estimate of drug-likeness (QED) is 0.142. The van der Waals surface area contributed by atoms with Crippen molar-refractivity contribution in [3.63, 3.8) is 0 Å². The van der Waals surface area contributed by atoms with Crippen LogP contribution in [0.15, 0.2) is 0 Å². The van der Waals surface area contributed by atoms with Gasteiger partial charge in [0.05, 0.1) is 6.61 Å². The van der Waals surface area contributed by atoms with Crippen molar-refractivity contribution in [2.45, 2.75) is 24.4 Å². The van der Waals surface area contributed by atoms with Crippen LogP contribution < -0.4 is 0 Å². The molecule has 0 saturated heterocycles. The highest BCUT2D eigenvalue weighted by atomic mass is 17.0. The van der Waals surface area contributed by atoms with Gasteiger partial charge in [-0.05, 0) is 0 Å². The van der Waals surface area contributed by atoms with Crippen LogP contribution in [-0.4, -0.2) is 73.4 Å². The Bertz CT molecular complexity index is 140. The minimum absolute atomic E-state index is 0.0258. The number of hydrogen-bond donors (Lipinski definition) is 7. The lowest BCUT2D eigenvalue weighted by Gasteiger charge is -2.22. The van der Waals surface area contributed by atoms with E-state index in [0.717, 1.165) is 0 Å². The molecule has 0 fully saturated rings. The summed E-state index contributed by atoms with van der Waals surface area (Å²) < 4.78 is 0. The maximum Gasteiger partial charge on any atom is 0.151 e. The molecule has 0 rings (SSSR count). The van der Waals surface area contributed by atoms with Gasteiger partial charge in [0, 0.05) is 0 Å². The van der Waals surface area contributed by atoms with Crippen LogP contribution in [0.2, 0.25) is 0 Å². The lowest BCUT2D eigenvalue weighted by Crippen LogP contribution is -2.46. The van der Waals surface area contributed by atoms with Crippen LogP contribution in [0.1, 0.15) is 0 Å². The summed E-state index contributed by atoms with van der Waals surface area (Å²) in [5.41, 5.74) is 0. The Balaban J connectivity index is 0. The molecule has 0 amide bonds. The zero-order valence-electron chi connectivity index (χ0n) is 7.13. The Morgan fingerprint density at radius 2 is 1.43 bits per heavy atom. The van der Waals surface area contributed by atoms with Gasteiger partial charge in [-0.25, -0.2) is 0 Å². The van der Waals surface area contributed by atoms with Gasteiger partial charge in [-0.3, -0.25) is 10.5 Å². The molecule has 8 heteroatoms. The van der Waals surface area contributed by atoms with E-state index in [0.29, 0.717) is 0 Å². The lowest BCUT2D eigenvalue weighted by molar-refractivity contribution is -0.176. The maximum atomic E-state index is 9.90. The van der Waals surface area contributed by atoms with Crippen molar-refractivity contribution in [2.24, 2.45) is 0 Å². The Labute approximate surface area is 79.2 Å². The van der Waals surface area contributed by atoms with E-state index in [1.54, 1.807) is 0 Å². The molecule has 0 aromatic heterocycles. The van der Waals surface area contributed by atoms with Crippen LogP contribution in [0, 0.1) is 0 Å². The first-order valence-electron chi connectivity index (χ1n) is 3.53. The van der Waals surface area contributed by atoms with Crippen LogP contribution in [0.5, 0.6) is 0 Å². The molecule has 7 N–H and O–H groups in total. The first-order chi connectivity index (χ1) is 6.54. The summed E-state index contributed by atoms with van der Waals surface area (Å²) in [5, 5.41) is 55.5. The molecule has 8 nitrogen and oxygen atoms in total. The molecule has 14 heavy (non-hydrogen) atoms. The molecule has 0 aliphatic heterocycles. The summed E-state index contributed by atoms with van der Waals surface area (Å²) in [6.45, 7) is -0.760. The van der Waals surface area contributed by atoms with Crippen molar-refractivity contribution in [3.05, 3.63) is 0 Å². The van der Waals surface area contributed by atoms with E-state index in [-0.39, 0.29) is 6.29 Å². The fourth-order valence-corrected chi connectivity index (χ4v) is 0.618. The minimum Gasteiger partial charge on any atom is -0.394 e. The normalized spacial score (nSPS) is 18.5. The topological polar surface area (TPSA) is 159 Å². The zero-order valence-corrected chi connectivity index (χ0v) is 7.13. The zero-order chi connectivity index (χ0) is 11.7. The van der Waals surface area contributed by atoms with Crippen molar-refractivity contribution in [2.75, 3.05) is 6.61 Å². The van der Waals surface area contributed by atoms with E-state index < -0.39 is 31.0 Å². The second kappa shape index (κ2) is 8.97. The molecule has 86 valence electrons. The number of carbonyl (C=O) groups is 1. The number of aldehydes is 1. The van der Waals surface area contributed by atoms with Crippen molar-refractivity contribution >= 4 is 6.29 Å².